The monoisotopic (exact) mass is 421 g/mol. The zero-order chi connectivity index (χ0) is 21.6. The zero-order valence-corrected chi connectivity index (χ0v) is 17.7. The van der Waals surface area contributed by atoms with E-state index >= 15 is 0 Å². The first-order valence-electron chi connectivity index (χ1n) is 9.42. The number of hydrogen-bond donors (Lipinski definition) is 2. The van der Waals surface area contributed by atoms with Crippen molar-refractivity contribution >= 4 is 36.0 Å². The van der Waals surface area contributed by atoms with E-state index in [1.807, 2.05) is 6.26 Å². The summed E-state index contributed by atoms with van der Waals surface area (Å²) in [6.07, 6.45) is 4.22. The van der Waals surface area contributed by atoms with Gasteiger partial charge in [0.15, 0.2) is 0 Å². The molecule has 1 fully saturated rings. The van der Waals surface area contributed by atoms with E-state index in [0.717, 1.165) is 6.29 Å². The summed E-state index contributed by atoms with van der Waals surface area (Å²) in [6, 6.07) is 1.02. The molecule has 3 N–H and O–H groups in total. The van der Waals surface area contributed by atoms with Gasteiger partial charge in [0.1, 0.15) is 24.1 Å². The second-order valence-corrected chi connectivity index (χ2v) is 8.04. The molecule has 1 heterocycles. The molecule has 1 aromatic carbocycles. The Morgan fingerprint density at radius 3 is 2.55 bits per heavy atom. The summed E-state index contributed by atoms with van der Waals surface area (Å²) in [7, 11) is 0. The lowest BCUT2D eigenvalue weighted by molar-refractivity contribution is -0.147. The van der Waals surface area contributed by atoms with Crippen molar-refractivity contribution in [3.05, 3.63) is 28.8 Å². The number of primary amides is 1. The Morgan fingerprint density at radius 1 is 1.34 bits per heavy atom. The largest absolute Gasteiger partial charge is 0.424 e. The maximum atomic E-state index is 13.0. The Kier molecular flexibility index (Phi) is 8.07. The van der Waals surface area contributed by atoms with E-state index in [-0.39, 0.29) is 5.91 Å². The average Bonchev–Trinajstić information content (AvgIpc) is 3.16. The van der Waals surface area contributed by atoms with E-state index in [1.54, 1.807) is 37.7 Å². The molecule has 0 spiro atoms. The Balaban J connectivity index is 2.16. The molecule has 0 aromatic heterocycles. The van der Waals surface area contributed by atoms with Crippen LogP contribution in [0.5, 0.6) is 5.75 Å². The number of aryl methyl sites for hydroxylation is 2. The van der Waals surface area contributed by atoms with Crippen molar-refractivity contribution in [1.82, 2.24) is 10.2 Å². The number of thioether (sulfide) groups is 1. The zero-order valence-electron chi connectivity index (χ0n) is 16.9. The van der Waals surface area contributed by atoms with Gasteiger partial charge in [0, 0.05) is 12.1 Å². The Bertz CT molecular complexity index is 775. The number of rotatable bonds is 8. The van der Waals surface area contributed by atoms with Crippen LogP contribution in [-0.2, 0) is 9.59 Å². The molecule has 2 atom stereocenters. The molecule has 1 aromatic rings. The predicted octanol–water partition coefficient (Wildman–Crippen LogP) is 1.80. The van der Waals surface area contributed by atoms with Gasteiger partial charge in [-0.25, -0.2) is 9.59 Å². The van der Waals surface area contributed by atoms with Gasteiger partial charge >= 0.3 is 12.0 Å². The first-order chi connectivity index (χ1) is 13.8. The molecule has 0 saturated carbocycles. The fraction of sp³-hybridized carbons (Fsp3) is 0.500. The van der Waals surface area contributed by atoms with E-state index in [2.05, 4.69) is 5.32 Å². The van der Waals surface area contributed by atoms with Crippen molar-refractivity contribution in [1.29, 1.82) is 0 Å². The lowest BCUT2D eigenvalue weighted by Gasteiger charge is -2.28. The minimum atomic E-state index is -0.774. The van der Waals surface area contributed by atoms with E-state index in [0.29, 0.717) is 54.0 Å². The highest BCUT2D eigenvalue weighted by Crippen LogP contribution is 2.27. The van der Waals surface area contributed by atoms with Gasteiger partial charge in [-0.1, -0.05) is 0 Å². The quantitative estimate of drug-likeness (QED) is 0.375. The number of carbonyl (C=O) groups excluding carboxylic acids is 4. The van der Waals surface area contributed by atoms with E-state index in [1.165, 1.54) is 4.90 Å². The molecule has 29 heavy (non-hydrogen) atoms. The SMILES string of the molecule is CSCCC(NC(N)=O)C(=O)N1CCCC1C(=O)Oc1c(C)cc(C=O)cc1C. The summed E-state index contributed by atoms with van der Waals surface area (Å²) in [4.78, 5) is 49.6. The first kappa shape index (κ1) is 22.7. The molecule has 2 rings (SSSR count). The lowest BCUT2D eigenvalue weighted by Crippen LogP contribution is -2.53. The first-order valence-corrected chi connectivity index (χ1v) is 10.8. The van der Waals surface area contributed by atoms with Crippen molar-refractivity contribution < 1.29 is 23.9 Å². The highest BCUT2D eigenvalue weighted by atomic mass is 32.2. The standard InChI is InChI=1S/C20H27N3O5S/c1-12-9-14(11-24)10-13(2)17(12)28-19(26)16-5-4-7-23(16)18(25)15(6-8-29-3)22-20(21)27/h9-11,15-16H,4-8H2,1-3H3,(H3,21,22,27). The summed E-state index contributed by atoms with van der Waals surface area (Å²) in [5, 5.41) is 2.48. The summed E-state index contributed by atoms with van der Waals surface area (Å²) in [6.45, 7) is 3.93. The molecule has 1 saturated heterocycles. The molecule has 158 valence electrons. The number of benzene rings is 1. The summed E-state index contributed by atoms with van der Waals surface area (Å²) < 4.78 is 5.62. The normalized spacial score (nSPS) is 16.9. The Morgan fingerprint density at radius 2 is 2.00 bits per heavy atom. The summed E-state index contributed by atoms with van der Waals surface area (Å²) in [5.41, 5.74) is 7.06. The number of urea groups is 1. The van der Waals surface area contributed by atoms with Crippen molar-refractivity contribution in [3.8, 4) is 5.75 Å². The number of esters is 1. The number of amides is 3. The van der Waals surface area contributed by atoms with Gasteiger partial charge in [-0.15, -0.1) is 0 Å². The number of carbonyl (C=O) groups is 4. The molecule has 0 radical (unpaired) electrons. The topological polar surface area (TPSA) is 119 Å². The third-order valence-corrected chi connectivity index (χ3v) is 5.50. The van der Waals surface area contributed by atoms with Gasteiger partial charge in [0.2, 0.25) is 5.91 Å². The van der Waals surface area contributed by atoms with E-state index in [4.69, 9.17) is 10.5 Å². The van der Waals surface area contributed by atoms with Crippen LogP contribution in [0.25, 0.3) is 0 Å². The second kappa shape index (κ2) is 10.3. The smallest absolute Gasteiger partial charge is 0.334 e. The molecule has 3 amide bonds. The third kappa shape index (κ3) is 5.72. The van der Waals surface area contributed by atoms with E-state index < -0.39 is 24.1 Å². The fourth-order valence-electron chi connectivity index (χ4n) is 3.52. The van der Waals surface area contributed by atoms with E-state index in [9.17, 15) is 19.2 Å². The van der Waals surface area contributed by atoms with Crippen LogP contribution < -0.4 is 15.8 Å². The van der Waals surface area contributed by atoms with Crippen molar-refractivity contribution in [3.63, 3.8) is 0 Å². The third-order valence-electron chi connectivity index (χ3n) is 4.85. The molecular formula is C20H27N3O5S. The van der Waals surface area contributed by atoms with Crippen molar-refractivity contribution in [2.24, 2.45) is 5.73 Å². The van der Waals surface area contributed by atoms with Gasteiger partial charge in [-0.05, 0) is 68.4 Å². The van der Waals surface area contributed by atoms with Crippen LogP contribution in [0.3, 0.4) is 0 Å². The molecule has 1 aliphatic rings. The minimum Gasteiger partial charge on any atom is -0.424 e. The number of hydrogen-bond acceptors (Lipinski definition) is 6. The highest BCUT2D eigenvalue weighted by Gasteiger charge is 2.38. The number of ether oxygens (including phenoxy) is 1. The van der Waals surface area contributed by atoms with Crippen LogP contribution in [0.2, 0.25) is 0 Å². The van der Waals surface area contributed by atoms with Crippen molar-refractivity contribution in [2.75, 3.05) is 18.6 Å². The van der Waals surface area contributed by atoms with Crippen LogP contribution in [0.15, 0.2) is 12.1 Å². The molecule has 2 unspecified atom stereocenters. The lowest BCUT2D eigenvalue weighted by atomic mass is 10.1. The van der Waals surface area contributed by atoms with Gasteiger partial charge < -0.3 is 20.7 Å². The molecule has 1 aliphatic heterocycles. The second-order valence-electron chi connectivity index (χ2n) is 7.06. The number of nitrogens with zero attached hydrogens (tertiary/aromatic N) is 1. The van der Waals surface area contributed by atoms with Gasteiger partial charge in [0.05, 0.1) is 0 Å². The number of nitrogens with two attached hydrogens (primary N) is 1. The number of aldehydes is 1. The van der Waals surface area contributed by atoms with Crippen LogP contribution >= 0.6 is 11.8 Å². The van der Waals surface area contributed by atoms with Gasteiger partial charge in [-0.3, -0.25) is 9.59 Å². The van der Waals surface area contributed by atoms with Crippen molar-refractivity contribution in [2.45, 2.75) is 45.2 Å². The molecule has 8 nitrogen and oxygen atoms in total. The Labute approximate surface area is 174 Å². The molecule has 0 aliphatic carbocycles. The number of likely N-dealkylation sites (tertiary alicyclic amines) is 1. The van der Waals surface area contributed by atoms with Gasteiger partial charge in [0.25, 0.3) is 0 Å². The minimum absolute atomic E-state index is 0.331. The Hall–Kier alpha value is -2.55. The summed E-state index contributed by atoms with van der Waals surface area (Å²) in [5.74, 6) is 0.209. The average molecular weight is 422 g/mol. The van der Waals surface area contributed by atoms with Crippen LogP contribution in [0.1, 0.15) is 40.7 Å². The number of nitrogens with one attached hydrogen (secondary N) is 1. The molecule has 9 heteroatoms. The maximum Gasteiger partial charge on any atom is 0.334 e. The molecule has 0 bridgehead atoms. The van der Waals surface area contributed by atoms with Crippen LogP contribution in [-0.4, -0.2) is 59.7 Å². The highest BCUT2D eigenvalue weighted by molar-refractivity contribution is 7.98. The molecular weight excluding hydrogens is 394 g/mol. The summed E-state index contributed by atoms with van der Waals surface area (Å²) >= 11 is 1.55. The predicted molar refractivity (Wildman–Crippen MR) is 111 cm³/mol. The van der Waals surface area contributed by atoms with Crippen LogP contribution in [0.4, 0.5) is 4.79 Å². The van der Waals surface area contributed by atoms with Crippen LogP contribution in [0, 0.1) is 13.8 Å². The fourth-order valence-corrected chi connectivity index (χ4v) is 3.99. The van der Waals surface area contributed by atoms with Gasteiger partial charge in [-0.2, -0.15) is 11.8 Å². The maximum absolute atomic E-state index is 13.0.